The first-order valence-electron chi connectivity index (χ1n) is 8.53. The highest BCUT2D eigenvalue weighted by molar-refractivity contribution is 7.13. The number of nitrogens with zero attached hydrogens (tertiary/aromatic N) is 4. The van der Waals surface area contributed by atoms with Crippen LogP contribution in [-0.2, 0) is 0 Å². The minimum Gasteiger partial charge on any atom is -0.354 e. The Labute approximate surface area is 155 Å². The number of hydrogen-bond acceptors (Lipinski definition) is 6. The van der Waals surface area contributed by atoms with E-state index in [-0.39, 0.29) is 5.91 Å². The molecule has 0 bridgehead atoms. The van der Waals surface area contributed by atoms with Crippen LogP contribution < -0.4 is 10.2 Å². The van der Waals surface area contributed by atoms with Crippen LogP contribution in [-0.4, -0.2) is 40.7 Å². The lowest BCUT2D eigenvalue weighted by atomic mass is 10.00. The van der Waals surface area contributed by atoms with E-state index in [9.17, 15) is 4.79 Å². The van der Waals surface area contributed by atoms with Gasteiger partial charge in [0.1, 0.15) is 0 Å². The van der Waals surface area contributed by atoms with Crippen molar-refractivity contribution < 1.29 is 4.79 Å². The summed E-state index contributed by atoms with van der Waals surface area (Å²) in [6.45, 7) is 4.46. The van der Waals surface area contributed by atoms with E-state index >= 15 is 0 Å². The lowest BCUT2D eigenvalue weighted by Gasteiger charge is -2.39. The van der Waals surface area contributed by atoms with Gasteiger partial charge in [-0.05, 0) is 43.3 Å². The predicted octanol–water partition coefficient (Wildman–Crippen LogP) is 2.77. The zero-order valence-corrected chi connectivity index (χ0v) is 15.2. The van der Waals surface area contributed by atoms with Crippen molar-refractivity contribution >= 4 is 23.1 Å². The van der Waals surface area contributed by atoms with Gasteiger partial charge in [-0.15, -0.1) is 21.5 Å². The Morgan fingerprint density at radius 3 is 2.62 bits per heavy atom. The topological polar surface area (TPSA) is 71.0 Å². The van der Waals surface area contributed by atoms with Crippen molar-refractivity contribution in [3.63, 3.8) is 0 Å². The van der Waals surface area contributed by atoms with Gasteiger partial charge in [0.15, 0.2) is 5.82 Å². The number of thiophene rings is 1. The van der Waals surface area contributed by atoms with Crippen LogP contribution in [0.5, 0.6) is 0 Å². The smallest absolute Gasteiger partial charge is 0.261 e. The monoisotopic (exact) mass is 365 g/mol. The van der Waals surface area contributed by atoms with Crippen molar-refractivity contribution in [2.75, 3.05) is 24.5 Å². The molecule has 1 aliphatic rings. The van der Waals surface area contributed by atoms with Crippen LogP contribution in [0.25, 0.3) is 11.3 Å². The summed E-state index contributed by atoms with van der Waals surface area (Å²) >= 11 is 1.53. The number of aromatic nitrogens is 3. The molecule has 6 nitrogen and oxygen atoms in total. The number of pyridine rings is 1. The second-order valence-corrected chi connectivity index (χ2v) is 7.69. The Bertz CT molecular complexity index is 888. The van der Waals surface area contributed by atoms with Gasteiger partial charge < -0.3 is 10.2 Å². The maximum absolute atomic E-state index is 12.1. The lowest BCUT2D eigenvalue weighted by Crippen LogP contribution is -2.51. The standard InChI is InChI=1S/C19H19N5OS/c1-13-2-4-17(26-13)19(25)21-10-14-11-24(12-14)18-5-3-16(22-23-18)15-6-8-20-9-7-15/h2-9,14H,10-12H2,1H3,(H,21,25). The van der Waals surface area contributed by atoms with Crippen molar-refractivity contribution in [2.45, 2.75) is 6.92 Å². The minimum atomic E-state index is 0.0167. The van der Waals surface area contributed by atoms with Gasteiger partial charge in [0.25, 0.3) is 5.91 Å². The van der Waals surface area contributed by atoms with E-state index in [2.05, 4.69) is 25.4 Å². The molecule has 3 aromatic heterocycles. The molecule has 0 aliphatic carbocycles. The Kier molecular flexibility index (Phi) is 4.62. The lowest BCUT2D eigenvalue weighted by molar-refractivity contribution is 0.0948. The fraction of sp³-hybridized carbons (Fsp3) is 0.263. The van der Waals surface area contributed by atoms with Gasteiger partial charge in [-0.25, -0.2) is 0 Å². The first-order chi connectivity index (χ1) is 12.7. The molecule has 0 radical (unpaired) electrons. The average Bonchev–Trinajstić information content (AvgIpc) is 3.08. The summed E-state index contributed by atoms with van der Waals surface area (Å²) in [4.78, 5) is 20.2. The van der Waals surface area contributed by atoms with Crippen LogP contribution in [0, 0.1) is 12.8 Å². The highest BCUT2D eigenvalue weighted by Gasteiger charge is 2.28. The van der Waals surface area contributed by atoms with Gasteiger partial charge in [-0.2, -0.15) is 0 Å². The van der Waals surface area contributed by atoms with E-state index in [1.54, 1.807) is 12.4 Å². The zero-order valence-electron chi connectivity index (χ0n) is 14.4. The summed E-state index contributed by atoms with van der Waals surface area (Å²) in [5.74, 6) is 1.34. The third-order valence-corrected chi connectivity index (χ3v) is 5.42. The Morgan fingerprint density at radius 1 is 1.15 bits per heavy atom. The van der Waals surface area contributed by atoms with Gasteiger partial charge >= 0.3 is 0 Å². The third kappa shape index (κ3) is 3.57. The van der Waals surface area contributed by atoms with Gasteiger partial charge in [-0.3, -0.25) is 9.78 Å². The SMILES string of the molecule is Cc1ccc(C(=O)NCC2CN(c3ccc(-c4ccncc4)nn3)C2)s1. The molecule has 26 heavy (non-hydrogen) atoms. The number of rotatable bonds is 5. The number of amides is 1. The summed E-state index contributed by atoms with van der Waals surface area (Å²) in [6.07, 6.45) is 3.49. The molecule has 1 aliphatic heterocycles. The average molecular weight is 365 g/mol. The van der Waals surface area contributed by atoms with E-state index < -0.39 is 0 Å². The number of nitrogens with one attached hydrogen (secondary N) is 1. The first-order valence-corrected chi connectivity index (χ1v) is 9.34. The molecule has 1 fully saturated rings. The Morgan fingerprint density at radius 2 is 1.96 bits per heavy atom. The predicted molar refractivity (Wildman–Crippen MR) is 102 cm³/mol. The quantitative estimate of drug-likeness (QED) is 0.753. The van der Waals surface area contributed by atoms with E-state index in [1.807, 2.05) is 43.3 Å². The van der Waals surface area contributed by atoms with Crippen LogP contribution >= 0.6 is 11.3 Å². The van der Waals surface area contributed by atoms with Crippen LogP contribution in [0.4, 0.5) is 5.82 Å². The fourth-order valence-corrected chi connectivity index (χ4v) is 3.72. The maximum Gasteiger partial charge on any atom is 0.261 e. The summed E-state index contributed by atoms with van der Waals surface area (Å²) in [7, 11) is 0. The minimum absolute atomic E-state index is 0.0167. The van der Waals surface area contributed by atoms with E-state index in [1.165, 1.54) is 11.3 Å². The molecular weight excluding hydrogens is 346 g/mol. The third-order valence-electron chi connectivity index (χ3n) is 4.42. The molecule has 0 saturated carbocycles. The van der Waals surface area contributed by atoms with E-state index in [4.69, 9.17) is 0 Å². The summed E-state index contributed by atoms with van der Waals surface area (Å²) in [5, 5.41) is 11.7. The second kappa shape index (κ2) is 7.21. The highest BCUT2D eigenvalue weighted by Crippen LogP contribution is 2.24. The van der Waals surface area contributed by atoms with Crippen LogP contribution in [0.1, 0.15) is 14.5 Å². The fourth-order valence-electron chi connectivity index (χ4n) is 2.94. The Hall–Kier alpha value is -2.80. The molecule has 0 unspecified atom stereocenters. The molecule has 1 N–H and O–H groups in total. The van der Waals surface area contributed by atoms with E-state index in [0.29, 0.717) is 12.5 Å². The van der Waals surface area contributed by atoms with Gasteiger partial charge in [0.05, 0.1) is 10.6 Å². The maximum atomic E-state index is 12.1. The molecule has 3 aromatic rings. The highest BCUT2D eigenvalue weighted by atomic mass is 32.1. The normalized spacial score (nSPS) is 14.1. The Balaban J connectivity index is 1.27. The van der Waals surface area contributed by atoms with Crippen LogP contribution in [0.3, 0.4) is 0 Å². The van der Waals surface area contributed by atoms with Crippen LogP contribution in [0.2, 0.25) is 0 Å². The number of carbonyl (C=O) groups is 1. The molecule has 4 heterocycles. The number of carbonyl (C=O) groups excluding carboxylic acids is 1. The molecule has 4 rings (SSSR count). The van der Waals surface area contributed by atoms with Crippen molar-refractivity contribution in [2.24, 2.45) is 5.92 Å². The second-order valence-electron chi connectivity index (χ2n) is 6.40. The number of hydrogen-bond donors (Lipinski definition) is 1. The molecule has 0 spiro atoms. The molecule has 1 saturated heterocycles. The first kappa shape index (κ1) is 16.7. The molecule has 7 heteroatoms. The summed E-state index contributed by atoms with van der Waals surface area (Å²) in [5.41, 5.74) is 1.85. The summed E-state index contributed by atoms with van der Waals surface area (Å²) in [6, 6.07) is 11.7. The van der Waals surface area contributed by atoms with E-state index in [0.717, 1.165) is 39.9 Å². The van der Waals surface area contributed by atoms with Gasteiger partial charge in [0, 0.05) is 48.4 Å². The largest absolute Gasteiger partial charge is 0.354 e. The van der Waals surface area contributed by atoms with Crippen molar-refractivity contribution in [1.29, 1.82) is 0 Å². The number of aryl methyl sites for hydroxylation is 1. The number of anilines is 1. The molecular formula is C19H19N5OS. The molecule has 0 atom stereocenters. The van der Waals surface area contributed by atoms with Crippen molar-refractivity contribution in [3.8, 4) is 11.3 Å². The van der Waals surface area contributed by atoms with Gasteiger partial charge in [0.2, 0.25) is 0 Å². The zero-order chi connectivity index (χ0) is 17.9. The van der Waals surface area contributed by atoms with Crippen molar-refractivity contribution in [1.82, 2.24) is 20.5 Å². The molecule has 1 amide bonds. The van der Waals surface area contributed by atoms with Crippen molar-refractivity contribution in [3.05, 3.63) is 58.5 Å². The molecule has 0 aromatic carbocycles. The van der Waals surface area contributed by atoms with Crippen LogP contribution in [0.15, 0.2) is 48.8 Å². The molecule has 132 valence electrons. The summed E-state index contributed by atoms with van der Waals surface area (Å²) < 4.78 is 0. The van der Waals surface area contributed by atoms with Gasteiger partial charge in [-0.1, -0.05) is 0 Å².